The number of anilines is 1. The van der Waals surface area contributed by atoms with Gasteiger partial charge in [0, 0.05) is 24.5 Å². The van der Waals surface area contributed by atoms with Crippen LogP contribution in [0.15, 0.2) is 48.8 Å². The van der Waals surface area contributed by atoms with Gasteiger partial charge in [0.1, 0.15) is 11.6 Å². The summed E-state index contributed by atoms with van der Waals surface area (Å²) in [6.07, 6.45) is 1.76. The van der Waals surface area contributed by atoms with Crippen molar-refractivity contribution >= 4 is 5.82 Å². The second-order valence-electron chi connectivity index (χ2n) is 4.67. The largest absolute Gasteiger partial charge is 0.334 e. The van der Waals surface area contributed by atoms with Gasteiger partial charge in [-0.1, -0.05) is 18.7 Å². The topological polar surface area (TPSA) is 16.1 Å². The minimum Gasteiger partial charge on any atom is -0.334 e. The van der Waals surface area contributed by atoms with Crippen LogP contribution in [0.4, 0.5) is 10.2 Å². The van der Waals surface area contributed by atoms with Crippen molar-refractivity contribution in [2.24, 2.45) is 0 Å². The van der Waals surface area contributed by atoms with Gasteiger partial charge in [0.25, 0.3) is 0 Å². The molecule has 19 heavy (non-hydrogen) atoms. The van der Waals surface area contributed by atoms with Crippen LogP contribution in [0, 0.1) is 12.7 Å². The maximum atomic E-state index is 13.2. The summed E-state index contributed by atoms with van der Waals surface area (Å²) in [5.41, 5.74) is 3.71. The van der Waals surface area contributed by atoms with Crippen LogP contribution in [0.2, 0.25) is 0 Å². The molecule has 1 aromatic heterocycles. The minimum atomic E-state index is -0.238. The third kappa shape index (κ3) is 2.81. The highest BCUT2D eigenvalue weighted by molar-refractivity contribution is 5.66. The van der Waals surface area contributed by atoms with Crippen LogP contribution in [0.5, 0.6) is 0 Å². The van der Waals surface area contributed by atoms with Crippen LogP contribution in [-0.4, -0.2) is 12.0 Å². The molecule has 0 aliphatic carbocycles. The molecule has 0 unspecified atom stereocenters. The SMILES string of the molecule is C=C(C)N(C)c1ncc(-c2cccc(F)c2)cc1C. The highest BCUT2D eigenvalue weighted by Crippen LogP contribution is 2.25. The Labute approximate surface area is 113 Å². The monoisotopic (exact) mass is 256 g/mol. The molecule has 0 fully saturated rings. The molecule has 0 saturated heterocycles. The summed E-state index contributed by atoms with van der Waals surface area (Å²) in [6.45, 7) is 7.82. The molecule has 2 nitrogen and oxygen atoms in total. The van der Waals surface area contributed by atoms with Gasteiger partial charge in [-0.2, -0.15) is 0 Å². The minimum absolute atomic E-state index is 0.238. The molecule has 2 aromatic rings. The van der Waals surface area contributed by atoms with Crippen molar-refractivity contribution in [3.63, 3.8) is 0 Å². The number of pyridine rings is 1. The molecular formula is C16H17FN2. The molecule has 1 heterocycles. The number of halogens is 1. The Morgan fingerprint density at radius 1 is 1.26 bits per heavy atom. The summed E-state index contributed by atoms with van der Waals surface area (Å²) in [5.74, 6) is 0.630. The molecule has 0 aliphatic rings. The summed E-state index contributed by atoms with van der Waals surface area (Å²) in [4.78, 5) is 6.38. The van der Waals surface area contributed by atoms with E-state index in [0.717, 1.165) is 28.2 Å². The molecule has 3 heteroatoms. The van der Waals surface area contributed by atoms with Crippen molar-refractivity contribution in [1.82, 2.24) is 4.98 Å². The number of aromatic nitrogens is 1. The summed E-state index contributed by atoms with van der Waals surface area (Å²) in [6, 6.07) is 8.54. The normalized spacial score (nSPS) is 10.3. The fourth-order valence-corrected chi connectivity index (χ4v) is 1.93. The summed E-state index contributed by atoms with van der Waals surface area (Å²) >= 11 is 0. The van der Waals surface area contributed by atoms with Crippen molar-refractivity contribution < 1.29 is 4.39 Å². The molecule has 98 valence electrons. The Morgan fingerprint density at radius 3 is 2.58 bits per heavy atom. The smallest absolute Gasteiger partial charge is 0.135 e. The zero-order valence-electron chi connectivity index (χ0n) is 11.4. The van der Waals surface area contributed by atoms with E-state index in [1.165, 1.54) is 12.1 Å². The first-order valence-electron chi connectivity index (χ1n) is 6.11. The Morgan fingerprint density at radius 2 is 2.00 bits per heavy atom. The summed E-state index contributed by atoms with van der Waals surface area (Å²) in [7, 11) is 1.93. The number of allylic oxidation sites excluding steroid dienone is 1. The van der Waals surface area contributed by atoms with E-state index in [4.69, 9.17) is 0 Å². The third-order valence-electron chi connectivity index (χ3n) is 3.10. The van der Waals surface area contributed by atoms with E-state index < -0.39 is 0 Å². The maximum absolute atomic E-state index is 13.2. The standard InChI is InChI=1S/C16H17FN2/c1-11(2)19(4)16-12(3)8-14(10-18-16)13-6-5-7-15(17)9-13/h5-10H,1H2,2-4H3. The van der Waals surface area contributed by atoms with Crippen LogP contribution < -0.4 is 4.90 Å². The molecule has 0 N–H and O–H groups in total. The van der Waals surface area contributed by atoms with Gasteiger partial charge in [-0.05, 0) is 43.2 Å². The molecule has 0 atom stereocenters. The Balaban J connectivity index is 2.42. The molecule has 0 aliphatic heterocycles. The summed E-state index contributed by atoms with van der Waals surface area (Å²) in [5, 5.41) is 0. The zero-order chi connectivity index (χ0) is 14.0. The van der Waals surface area contributed by atoms with Gasteiger partial charge >= 0.3 is 0 Å². The molecule has 2 rings (SSSR count). The lowest BCUT2D eigenvalue weighted by atomic mass is 10.1. The highest BCUT2D eigenvalue weighted by atomic mass is 19.1. The lowest BCUT2D eigenvalue weighted by Crippen LogP contribution is -2.15. The van der Waals surface area contributed by atoms with E-state index in [0.29, 0.717) is 0 Å². The fraction of sp³-hybridized carbons (Fsp3) is 0.188. The van der Waals surface area contributed by atoms with Crippen molar-refractivity contribution in [3.8, 4) is 11.1 Å². The number of nitrogens with zero attached hydrogens (tertiary/aromatic N) is 2. The van der Waals surface area contributed by atoms with Crippen LogP contribution >= 0.6 is 0 Å². The van der Waals surface area contributed by atoms with Gasteiger partial charge in [-0.15, -0.1) is 0 Å². The predicted octanol–water partition coefficient (Wildman–Crippen LogP) is 4.17. The second kappa shape index (κ2) is 5.22. The van der Waals surface area contributed by atoms with Crippen molar-refractivity contribution in [1.29, 1.82) is 0 Å². The lowest BCUT2D eigenvalue weighted by Gasteiger charge is -2.20. The summed E-state index contributed by atoms with van der Waals surface area (Å²) < 4.78 is 13.2. The molecule has 1 aromatic carbocycles. The average molecular weight is 256 g/mol. The lowest BCUT2D eigenvalue weighted by molar-refractivity contribution is 0.628. The van der Waals surface area contributed by atoms with E-state index in [2.05, 4.69) is 11.6 Å². The Kier molecular flexibility index (Phi) is 3.65. The molecule has 0 saturated carbocycles. The molecule has 0 amide bonds. The van der Waals surface area contributed by atoms with Gasteiger partial charge in [0.2, 0.25) is 0 Å². The number of hydrogen-bond acceptors (Lipinski definition) is 2. The van der Waals surface area contributed by atoms with Crippen LogP contribution in [-0.2, 0) is 0 Å². The number of hydrogen-bond donors (Lipinski definition) is 0. The van der Waals surface area contributed by atoms with Crippen LogP contribution in [0.1, 0.15) is 12.5 Å². The van der Waals surface area contributed by atoms with Crippen molar-refractivity contribution in [2.75, 3.05) is 11.9 Å². The predicted molar refractivity (Wildman–Crippen MR) is 77.6 cm³/mol. The Hall–Kier alpha value is -2.16. The van der Waals surface area contributed by atoms with Crippen LogP contribution in [0.25, 0.3) is 11.1 Å². The van der Waals surface area contributed by atoms with E-state index >= 15 is 0 Å². The number of aryl methyl sites for hydroxylation is 1. The first-order chi connectivity index (χ1) is 8.99. The quantitative estimate of drug-likeness (QED) is 0.819. The first-order valence-corrected chi connectivity index (χ1v) is 6.11. The molecule has 0 spiro atoms. The highest BCUT2D eigenvalue weighted by Gasteiger charge is 2.08. The van der Waals surface area contributed by atoms with Gasteiger partial charge in [-0.3, -0.25) is 0 Å². The fourth-order valence-electron chi connectivity index (χ4n) is 1.93. The third-order valence-corrected chi connectivity index (χ3v) is 3.10. The average Bonchev–Trinajstić information content (AvgIpc) is 2.37. The second-order valence-corrected chi connectivity index (χ2v) is 4.67. The molecule has 0 bridgehead atoms. The van der Waals surface area contributed by atoms with E-state index in [1.807, 2.05) is 37.9 Å². The maximum Gasteiger partial charge on any atom is 0.135 e. The number of benzene rings is 1. The van der Waals surface area contributed by atoms with Gasteiger partial charge < -0.3 is 4.90 Å². The molecular weight excluding hydrogens is 239 g/mol. The van der Waals surface area contributed by atoms with E-state index in [-0.39, 0.29) is 5.82 Å². The number of rotatable bonds is 3. The van der Waals surface area contributed by atoms with Gasteiger partial charge in [-0.25, -0.2) is 9.37 Å². The van der Waals surface area contributed by atoms with Crippen molar-refractivity contribution in [3.05, 3.63) is 60.2 Å². The van der Waals surface area contributed by atoms with Crippen LogP contribution in [0.3, 0.4) is 0 Å². The Bertz CT molecular complexity index is 620. The van der Waals surface area contributed by atoms with Gasteiger partial charge in [0.15, 0.2) is 0 Å². The first kappa shape index (κ1) is 13.3. The zero-order valence-corrected chi connectivity index (χ0v) is 11.4. The van der Waals surface area contributed by atoms with E-state index in [1.54, 1.807) is 12.3 Å². The van der Waals surface area contributed by atoms with Crippen molar-refractivity contribution in [2.45, 2.75) is 13.8 Å². The van der Waals surface area contributed by atoms with Gasteiger partial charge in [0.05, 0.1) is 0 Å². The molecule has 0 radical (unpaired) electrons. The van der Waals surface area contributed by atoms with E-state index in [9.17, 15) is 4.39 Å².